The van der Waals surface area contributed by atoms with E-state index in [4.69, 9.17) is 39.0 Å². The molecule has 8 aliphatic rings. The number of halogens is 12. The third-order valence-electron chi connectivity index (χ3n) is 18.4. The fourth-order valence-electron chi connectivity index (χ4n) is 11.6. The Morgan fingerprint density at radius 3 is 1.07 bits per heavy atom. The van der Waals surface area contributed by atoms with Crippen LogP contribution in [-0.2, 0) is 52.5 Å². The van der Waals surface area contributed by atoms with E-state index in [0.717, 1.165) is 80.1 Å². The minimum Gasteiger partial charge on any atom is -0.394 e. The van der Waals surface area contributed by atoms with Crippen molar-refractivity contribution in [2.75, 3.05) is 46.4 Å². The van der Waals surface area contributed by atoms with E-state index in [-0.39, 0.29) is 27.1 Å². The maximum absolute atomic E-state index is 14.5. The maximum atomic E-state index is 14.5. The van der Waals surface area contributed by atoms with Crippen LogP contribution in [0.1, 0.15) is 101 Å². The van der Waals surface area contributed by atoms with E-state index in [1.54, 1.807) is 13.8 Å². The molecule has 10 rings (SSSR count). The lowest BCUT2D eigenvalue weighted by Crippen LogP contribution is -2.52. The van der Waals surface area contributed by atoms with E-state index >= 15 is 0 Å². The topological polar surface area (TPSA) is 389 Å². The quantitative estimate of drug-likeness (QED) is 0.0995. The van der Waals surface area contributed by atoms with Crippen molar-refractivity contribution in [3.8, 4) is 0 Å². The van der Waals surface area contributed by atoms with Crippen LogP contribution in [0.4, 0.5) is 52.7 Å². The van der Waals surface area contributed by atoms with Crippen molar-refractivity contribution in [2.24, 2.45) is 23.7 Å². The molecule has 0 spiro atoms. The van der Waals surface area contributed by atoms with E-state index < -0.39 is 230 Å². The highest BCUT2D eigenvalue weighted by Crippen LogP contribution is 2.54. The number of ether oxygens (including phenoxy) is 5. The molecule has 564 valence electrons. The molecule has 10 heterocycles. The van der Waals surface area contributed by atoms with Gasteiger partial charge >= 0.3 is 17.3 Å². The number of hydrogen-bond acceptors (Lipinski definition) is 21. The molecule has 8 N–H and O–H groups in total. The molecule has 0 bridgehead atoms. The van der Waals surface area contributed by atoms with Crippen LogP contribution in [0.5, 0.6) is 0 Å². The zero-order valence-corrected chi connectivity index (χ0v) is 52.7. The molecule has 3 amide bonds. The number of H-pyrrole nitrogens is 2. The number of ketones is 3. The Morgan fingerprint density at radius 1 is 0.460 bits per heavy atom. The Kier molecular flexibility index (Phi) is 27.2. The lowest BCUT2D eigenvalue weighted by Gasteiger charge is -2.32. The number of hydrogen-bond donors (Lipinski definition) is 8. The molecule has 5 fully saturated rings. The highest BCUT2D eigenvalue weighted by molar-refractivity contribution is 6.07. The number of amides is 3. The number of aromatic nitrogens is 4. The summed E-state index contributed by atoms with van der Waals surface area (Å²) in [5.41, 5.74) is -10.8. The molecule has 8 aliphatic heterocycles. The van der Waals surface area contributed by atoms with Crippen molar-refractivity contribution in [3.63, 3.8) is 0 Å². The van der Waals surface area contributed by atoms with E-state index in [1.807, 2.05) is 9.97 Å². The lowest BCUT2D eigenvalue weighted by atomic mass is 9.82. The van der Waals surface area contributed by atoms with Crippen LogP contribution in [0.3, 0.4) is 0 Å². The summed E-state index contributed by atoms with van der Waals surface area (Å²) in [4.78, 5) is 119. The zero-order chi connectivity index (χ0) is 74.0. The standard InChI is InChI=1S/C14H19F2NO3.C12H14F3NO4.C11H12F3NO5.C11H14F2N2O5.C10H12F2N2O4.2CH4/c1-4-13(5-2)9(3)14(15,16)12(20-13)17-7-6-10(18)8-11(17)19;1-7-11(5-13,6-17)20-10(12(7,14)15)16-3-2-8(18)4-9(16)19;12-4-10(5-16)8(19)11(13,14)9(20-10)15-2-1-6(17)3-7(15)18;1-6-10(4-16,5-17)20-8(11(6,12)13)15-3-2-7(18)14-9(15)19;1-5-6(4-15)18-8(10(5,11)12)14-3-2-7(16)13-9(14)17;;/h6-7,9,12H,4-5,8H2,1-3H3;2-3,7,10,17H,4-6H2,1H3;1-2,8-9,16,19H,3-5H2;2-3,6,8,16-17H,4-5H2,1H3,(H,14,18,19);2-3,5-6,8,15H,4H2,1H3,(H,13,16,17);2*1H4/t9-,12-;7-,10-,11-;8-,9-,10-;6-,8-;5-,6-,8-;;/m11111../s1. The van der Waals surface area contributed by atoms with Gasteiger partial charge < -0.3 is 54.3 Å². The second-order valence-corrected chi connectivity index (χ2v) is 24.0. The number of rotatable bonds is 14. The van der Waals surface area contributed by atoms with Crippen molar-refractivity contribution >= 4 is 35.1 Å². The van der Waals surface area contributed by atoms with E-state index in [9.17, 15) is 116 Å². The third-order valence-corrected chi connectivity index (χ3v) is 18.4. The van der Waals surface area contributed by atoms with E-state index in [0.29, 0.717) is 31.8 Å². The fourth-order valence-corrected chi connectivity index (χ4v) is 11.6. The molecule has 40 heteroatoms. The van der Waals surface area contributed by atoms with Crippen molar-refractivity contribution in [1.82, 2.24) is 33.8 Å². The molecule has 100 heavy (non-hydrogen) atoms. The second kappa shape index (κ2) is 31.9. The van der Waals surface area contributed by atoms with Crippen LogP contribution in [0, 0.1) is 23.7 Å². The summed E-state index contributed by atoms with van der Waals surface area (Å²) in [7, 11) is 0. The number of nitrogens with one attached hydrogen (secondary N) is 2. The van der Waals surface area contributed by atoms with Gasteiger partial charge in [0.1, 0.15) is 24.6 Å². The largest absolute Gasteiger partial charge is 0.394 e. The van der Waals surface area contributed by atoms with E-state index in [2.05, 4.69) is 0 Å². The average molecular weight is 1460 g/mol. The first-order valence-electron chi connectivity index (χ1n) is 29.8. The molecule has 0 aliphatic carbocycles. The number of carbonyl (C=O) groups is 6. The zero-order valence-electron chi connectivity index (χ0n) is 52.7. The molecule has 0 saturated carbocycles. The molecule has 0 aromatic carbocycles. The number of aliphatic hydroxyl groups excluding tert-OH is 6. The Balaban J connectivity index is 0.000000264. The van der Waals surface area contributed by atoms with Gasteiger partial charge in [-0.25, -0.2) is 53.5 Å². The number of alkyl halides is 12. The van der Waals surface area contributed by atoms with Crippen LogP contribution in [0.15, 0.2) is 80.5 Å². The van der Waals surface area contributed by atoms with Gasteiger partial charge in [0.15, 0.2) is 29.1 Å². The number of carbonyl (C=O) groups excluding carboxylic acids is 6. The van der Waals surface area contributed by atoms with Gasteiger partial charge in [0.05, 0.1) is 87.7 Å². The molecular formula is C60H79F12N7O21. The molecule has 5 saturated heterocycles. The van der Waals surface area contributed by atoms with Gasteiger partial charge in [-0.05, 0) is 31.1 Å². The molecule has 2 aromatic rings. The van der Waals surface area contributed by atoms with Crippen LogP contribution >= 0.6 is 0 Å². The minimum atomic E-state index is -3.99. The predicted molar refractivity (Wildman–Crippen MR) is 318 cm³/mol. The summed E-state index contributed by atoms with van der Waals surface area (Å²) in [6.45, 7) is 1.28. The van der Waals surface area contributed by atoms with Gasteiger partial charge in [0.2, 0.25) is 48.9 Å². The number of allylic oxidation sites excluding steroid dienone is 3. The van der Waals surface area contributed by atoms with Crippen molar-refractivity contribution < 1.29 is 136 Å². The summed E-state index contributed by atoms with van der Waals surface area (Å²) in [5, 5.41) is 55.1. The second-order valence-electron chi connectivity index (χ2n) is 24.0. The first kappa shape index (κ1) is 85.1. The van der Waals surface area contributed by atoms with E-state index in [1.165, 1.54) is 13.8 Å². The van der Waals surface area contributed by atoms with Crippen molar-refractivity contribution in [2.45, 2.75) is 184 Å². The lowest BCUT2D eigenvalue weighted by molar-refractivity contribution is -0.179. The normalized spacial score (nSPS) is 32.1. The fraction of sp³-hybridized carbons (Fsp3) is 0.667. The highest BCUT2D eigenvalue weighted by Gasteiger charge is 2.70. The molecule has 0 radical (unpaired) electrons. The van der Waals surface area contributed by atoms with Gasteiger partial charge in [-0.2, -0.15) is 8.78 Å². The van der Waals surface area contributed by atoms with Crippen LogP contribution in [0.2, 0.25) is 0 Å². The number of aliphatic hydroxyl groups is 6. The van der Waals surface area contributed by atoms with Gasteiger partial charge in [0.25, 0.3) is 34.8 Å². The summed E-state index contributed by atoms with van der Waals surface area (Å²) in [5.74, 6) is -26.7. The summed E-state index contributed by atoms with van der Waals surface area (Å²) in [6.07, 6.45) is -6.41. The number of nitrogens with zero attached hydrogens (tertiary/aromatic N) is 5. The Bertz CT molecular complexity index is 3410. The molecule has 13 atom stereocenters. The molecule has 0 unspecified atom stereocenters. The summed E-state index contributed by atoms with van der Waals surface area (Å²) < 4.78 is 194. The van der Waals surface area contributed by atoms with Gasteiger partial charge in [0, 0.05) is 43.1 Å². The van der Waals surface area contributed by atoms with Crippen LogP contribution < -0.4 is 22.5 Å². The molecular weight excluding hydrogens is 1380 g/mol. The minimum absolute atomic E-state index is 0. The van der Waals surface area contributed by atoms with Crippen molar-refractivity contribution in [3.05, 3.63) is 103 Å². The Labute approximate surface area is 560 Å². The van der Waals surface area contributed by atoms with Gasteiger partial charge in [-0.15, -0.1) is 0 Å². The SMILES string of the molecule is C.C.CCC1(CC)O[C@@H](N2C=CC(=O)CC2=O)C(F)(F)[C@@H]1C.C[C@@H]1C(CO)(CO)O[C@@H](n2ccc(=O)[nH]c2=O)C1(F)F.C[C@@H]1[C@@H](CO)O[C@@H](n2ccc(=O)[nH]c2=O)C1(F)F.C[C@H]1C(F)(F)[C@H](N2C=CC(=O)CC2=O)O[C@@]1(CO)CF.O=C1C=CN([C@@H]2O[C@@](CO)(CF)[C@@H](O)C2(F)F)C(=O)C1. The molecule has 2 aromatic heterocycles. The third kappa shape index (κ3) is 15.7. The monoisotopic (exact) mass is 1460 g/mol. The average Bonchev–Trinajstić information content (AvgIpc) is 1.61. The summed E-state index contributed by atoms with van der Waals surface area (Å²) >= 11 is 0. The highest BCUT2D eigenvalue weighted by atomic mass is 19.3. The smallest absolute Gasteiger partial charge is 0.330 e. The molecule has 28 nitrogen and oxygen atoms in total. The van der Waals surface area contributed by atoms with Crippen LogP contribution in [0.25, 0.3) is 0 Å². The maximum Gasteiger partial charge on any atom is 0.330 e. The first-order valence-corrected chi connectivity index (χ1v) is 29.8. The Hall–Kier alpha value is -7.28. The number of aromatic amines is 2. The van der Waals surface area contributed by atoms with Crippen molar-refractivity contribution in [1.29, 1.82) is 0 Å². The van der Waals surface area contributed by atoms with Gasteiger partial charge in [-0.3, -0.25) is 72.2 Å². The summed E-state index contributed by atoms with van der Waals surface area (Å²) in [6, 6.07) is 1.86. The Morgan fingerprint density at radius 2 is 0.780 bits per heavy atom. The first-order chi connectivity index (χ1) is 45.5. The van der Waals surface area contributed by atoms with Crippen LogP contribution in [-0.4, -0.2) is 229 Å². The predicted octanol–water partition coefficient (Wildman–Crippen LogP) is 2.50. The van der Waals surface area contributed by atoms with Gasteiger partial charge in [-0.1, -0.05) is 56.4 Å².